The molecule has 1 aromatic heterocycles. The van der Waals surface area contributed by atoms with Crippen LogP contribution in [0.15, 0.2) is 41.8 Å². The van der Waals surface area contributed by atoms with Crippen molar-refractivity contribution in [2.45, 2.75) is 26.3 Å². The fourth-order valence-electron chi connectivity index (χ4n) is 2.64. The molecule has 1 unspecified atom stereocenters. The lowest BCUT2D eigenvalue weighted by Gasteiger charge is -2.32. The van der Waals surface area contributed by atoms with Crippen LogP contribution in [0.1, 0.15) is 24.6 Å². The summed E-state index contributed by atoms with van der Waals surface area (Å²) in [4.78, 5) is 15.6. The molecule has 1 fully saturated rings. The lowest BCUT2D eigenvalue weighted by atomic mass is 9.98. The van der Waals surface area contributed by atoms with E-state index >= 15 is 0 Å². The first-order chi connectivity index (χ1) is 10.3. The zero-order valence-corrected chi connectivity index (χ0v) is 13.4. The van der Waals surface area contributed by atoms with Gasteiger partial charge in [0.25, 0.3) is 0 Å². The van der Waals surface area contributed by atoms with E-state index < -0.39 is 0 Å². The third-order valence-corrected chi connectivity index (χ3v) is 4.54. The summed E-state index contributed by atoms with van der Waals surface area (Å²) in [6, 6.07) is 4.31. The minimum Gasteiger partial charge on any atom is -0.352 e. The van der Waals surface area contributed by atoms with E-state index in [2.05, 4.69) is 27.7 Å². The minimum absolute atomic E-state index is 0.00322. The smallest absolute Gasteiger partial charge is 0.243 e. The molecule has 0 radical (unpaired) electrons. The maximum absolute atomic E-state index is 11.7. The average Bonchev–Trinajstić information content (AvgIpc) is 2.99. The van der Waals surface area contributed by atoms with Crippen molar-refractivity contribution in [3.8, 4) is 0 Å². The molecule has 1 atom stereocenters. The van der Waals surface area contributed by atoms with Crippen molar-refractivity contribution < 1.29 is 4.79 Å². The van der Waals surface area contributed by atoms with Crippen LogP contribution in [-0.2, 0) is 11.3 Å². The molecule has 2 rings (SSSR count). The van der Waals surface area contributed by atoms with Crippen LogP contribution in [0, 0.1) is 5.92 Å². The van der Waals surface area contributed by atoms with Gasteiger partial charge in [-0.25, -0.2) is 0 Å². The Bertz CT molecular complexity index is 479. The molecule has 0 spiro atoms. The monoisotopic (exact) mass is 304 g/mol. The van der Waals surface area contributed by atoms with Crippen molar-refractivity contribution >= 4 is 17.2 Å². The molecule has 1 aliphatic heterocycles. The predicted octanol–water partition coefficient (Wildman–Crippen LogP) is 3.21. The van der Waals surface area contributed by atoms with Crippen LogP contribution in [0.5, 0.6) is 0 Å². The van der Waals surface area contributed by atoms with Crippen molar-refractivity contribution in [2.24, 2.45) is 5.92 Å². The number of carbonyl (C=O) groups excluding carboxylic acids is 1. The standard InChI is InChI=1S/C17H24N2OS/c1-2-3-4-9-17(20)18-12-15-7-5-10-19(13-15)14-16-8-6-11-21-16/h2-4,6,8-9,11,15H,5,7,10,12-14H2,1H3,(H,18,20)/b3-2+,9-4+. The molecule has 2 heterocycles. The highest BCUT2D eigenvalue weighted by Crippen LogP contribution is 2.19. The normalized spacial score (nSPS) is 20.3. The van der Waals surface area contributed by atoms with E-state index in [-0.39, 0.29) is 5.91 Å². The zero-order chi connectivity index (χ0) is 14.9. The van der Waals surface area contributed by atoms with Gasteiger partial charge in [0, 0.05) is 30.6 Å². The molecule has 1 amide bonds. The number of nitrogens with zero attached hydrogens (tertiary/aromatic N) is 1. The lowest BCUT2D eigenvalue weighted by Crippen LogP contribution is -2.40. The average molecular weight is 304 g/mol. The summed E-state index contributed by atoms with van der Waals surface area (Å²) in [5.74, 6) is 0.571. The van der Waals surface area contributed by atoms with Gasteiger partial charge >= 0.3 is 0 Å². The Kier molecular flexibility index (Phi) is 6.70. The summed E-state index contributed by atoms with van der Waals surface area (Å²) in [5, 5.41) is 5.14. The molecule has 4 heteroatoms. The number of amides is 1. The van der Waals surface area contributed by atoms with Crippen LogP contribution in [0.3, 0.4) is 0 Å². The van der Waals surface area contributed by atoms with E-state index in [0.717, 1.165) is 19.6 Å². The van der Waals surface area contributed by atoms with Crippen molar-refractivity contribution in [1.82, 2.24) is 10.2 Å². The number of nitrogens with one attached hydrogen (secondary N) is 1. The number of hydrogen-bond donors (Lipinski definition) is 1. The topological polar surface area (TPSA) is 32.3 Å². The van der Waals surface area contributed by atoms with Crippen molar-refractivity contribution in [2.75, 3.05) is 19.6 Å². The Morgan fingerprint density at radius 2 is 2.43 bits per heavy atom. The van der Waals surface area contributed by atoms with E-state index in [1.807, 2.05) is 30.4 Å². The predicted molar refractivity (Wildman–Crippen MR) is 89.3 cm³/mol. The number of piperidine rings is 1. The number of allylic oxidation sites excluding steroid dienone is 3. The molecule has 0 bridgehead atoms. The highest BCUT2D eigenvalue weighted by Gasteiger charge is 2.20. The lowest BCUT2D eigenvalue weighted by molar-refractivity contribution is -0.116. The second-order valence-corrected chi connectivity index (χ2v) is 6.49. The fourth-order valence-corrected chi connectivity index (χ4v) is 3.39. The molecule has 114 valence electrons. The molecule has 1 aromatic rings. The van der Waals surface area contributed by atoms with Gasteiger partial charge in [0.15, 0.2) is 0 Å². The number of likely N-dealkylation sites (tertiary alicyclic amines) is 1. The van der Waals surface area contributed by atoms with Gasteiger partial charge in [-0.15, -0.1) is 11.3 Å². The molecule has 0 aromatic carbocycles. The molecule has 1 saturated heterocycles. The maximum atomic E-state index is 11.7. The SMILES string of the molecule is C/C=C/C=C/C(=O)NCC1CCCN(Cc2cccs2)C1. The molecular weight excluding hydrogens is 280 g/mol. The zero-order valence-electron chi connectivity index (χ0n) is 12.6. The van der Waals surface area contributed by atoms with E-state index in [0.29, 0.717) is 5.92 Å². The van der Waals surface area contributed by atoms with Gasteiger partial charge in [-0.2, -0.15) is 0 Å². The van der Waals surface area contributed by atoms with Crippen molar-refractivity contribution in [1.29, 1.82) is 0 Å². The molecule has 3 nitrogen and oxygen atoms in total. The molecule has 0 saturated carbocycles. The van der Waals surface area contributed by atoms with Crippen LogP contribution in [0.25, 0.3) is 0 Å². The molecular formula is C17H24N2OS. The summed E-state index contributed by atoms with van der Waals surface area (Å²) in [6.45, 7) is 6.01. The van der Waals surface area contributed by atoms with E-state index in [1.54, 1.807) is 12.2 Å². The number of thiophene rings is 1. The summed E-state index contributed by atoms with van der Waals surface area (Å²) in [6.07, 6.45) is 9.57. The van der Waals surface area contributed by atoms with Crippen LogP contribution >= 0.6 is 11.3 Å². The molecule has 1 aliphatic rings. The van der Waals surface area contributed by atoms with Crippen molar-refractivity contribution in [3.05, 3.63) is 46.7 Å². The van der Waals surface area contributed by atoms with Gasteiger partial charge in [0.2, 0.25) is 5.91 Å². The number of carbonyl (C=O) groups is 1. The Morgan fingerprint density at radius 3 is 3.19 bits per heavy atom. The molecule has 21 heavy (non-hydrogen) atoms. The van der Waals surface area contributed by atoms with Gasteiger partial charge in [-0.1, -0.05) is 24.3 Å². The van der Waals surface area contributed by atoms with Crippen LogP contribution < -0.4 is 5.32 Å². The second-order valence-electron chi connectivity index (χ2n) is 5.45. The molecule has 1 N–H and O–H groups in total. The number of hydrogen-bond acceptors (Lipinski definition) is 3. The first-order valence-electron chi connectivity index (χ1n) is 7.60. The van der Waals surface area contributed by atoms with Crippen LogP contribution in [0.2, 0.25) is 0 Å². The van der Waals surface area contributed by atoms with Gasteiger partial charge in [0.05, 0.1) is 0 Å². The van der Waals surface area contributed by atoms with Crippen molar-refractivity contribution in [3.63, 3.8) is 0 Å². The third-order valence-electron chi connectivity index (χ3n) is 3.68. The molecule has 0 aliphatic carbocycles. The first kappa shape index (κ1) is 16.0. The first-order valence-corrected chi connectivity index (χ1v) is 8.48. The minimum atomic E-state index is 0.00322. The Labute approximate surface area is 131 Å². The highest BCUT2D eigenvalue weighted by molar-refractivity contribution is 7.09. The van der Waals surface area contributed by atoms with Gasteiger partial charge in [0.1, 0.15) is 0 Å². The van der Waals surface area contributed by atoms with E-state index in [9.17, 15) is 4.79 Å². The van der Waals surface area contributed by atoms with Gasteiger partial charge < -0.3 is 5.32 Å². The summed E-state index contributed by atoms with van der Waals surface area (Å²) in [5.41, 5.74) is 0. The maximum Gasteiger partial charge on any atom is 0.243 e. The quantitative estimate of drug-likeness (QED) is 0.646. The fraction of sp³-hybridized carbons (Fsp3) is 0.471. The second kappa shape index (κ2) is 8.80. The van der Waals surface area contributed by atoms with E-state index in [4.69, 9.17) is 0 Å². The van der Waals surface area contributed by atoms with Crippen LogP contribution in [0.4, 0.5) is 0 Å². The van der Waals surface area contributed by atoms with Crippen LogP contribution in [-0.4, -0.2) is 30.4 Å². The summed E-state index contributed by atoms with van der Waals surface area (Å²) >= 11 is 1.82. The highest BCUT2D eigenvalue weighted by atomic mass is 32.1. The Hall–Kier alpha value is -1.39. The van der Waals surface area contributed by atoms with Gasteiger partial charge in [-0.05, 0) is 43.7 Å². The summed E-state index contributed by atoms with van der Waals surface area (Å²) in [7, 11) is 0. The Morgan fingerprint density at radius 1 is 1.52 bits per heavy atom. The van der Waals surface area contributed by atoms with Gasteiger partial charge in [-0.3, -0.25) is 9.69 Å². The Balaban J connectivity index is 1.72. The third kappa shape index (κ3) is 5.86. The number of rotatable bonds is 6. The largest absolute Gasteiger partial charge is 0.352 e. The summed E-state index contributed by atoms with van der Waals surface area (Å²) < 4.78 is 0. The van der Waals surface area contributed by atoms with E-state index in [1.165, 1.54) is 24.3 Å².